The highest BCUT2D eigenvalue weighted by Crippen LogP contribution is 2.26. The van der Waals surface area contributed by atoms with Gasteiger partial charge in [-0.3, -0.25) is 9.59 Å². The van der Waals surface area contributed by atoms with Crippen molar-refractivity contribution >= 4 is 27.3 Å². The second-order valence-electron chi connectivity index (χ2n) is 4.96. The van der Waals surface area contributed by atoms with Crippen molar-refractivity contribution in [2.24, 2.45) is 0 Å². The van der Waals surface area contributed by atoms with E-state index < -0.39 is 11.5 Å². The molecule has 2 aromatic heterocycles. The second-order valence-corrected chi connectivity index (χ2v) is 6.13. The molecule has 0 saturated heterocycles. The van der Waals surface area contributed by atoms with E-state index in [-0.39, 0.29) is 11.4 Å². The largest absolute Gasteiger partial charge is 0.347 e. The quantitative estimate of drug-likeness (QED) is 0.780. The molecule has 22 heavy (non-hydrogen) atoms. The molecule has 0 saturated carbocycles. The van der Waals surface area contributed by atoms with E-state index in [1.54, 1.807) is 19.1 Å². The van der Waals surface area contributed by atoms with Gasteiger partial charge in [-0.1, -0.05) is 0 Å². The molecule has 112 valence electrons. The number of hydrogen-bond acceptors (Lipinski definition) is 3. The van der Waals surface area contributed by atoms with E-state index >= 15 is 0 Å². The third-order valence-corrected chi connectivity index (χ3v) is 4.37. The van der Waals surface area contributed by atoms with Crippen molar-refractivity contribution < 1.29 is 9.18 Å². The fourth-order valence-electron chi connectivity index (χ4n) is 2.17. The number of fused-ring (bicyclic) bond motifs is 1. The highest BCUT2D eigenvalue weighted by atomic mass is 32.1. The molecule has 3 aromatic rings. The van der Waals surface area contributed by atoms with Gasteiger partial charge in [0.2, 0.25) is 0 Å². The molecule has 2 N–H and O–H groups in total. The topological polar surface area (TPSA) is 62.0 Å². The van der Waals surface area contributed by atoms with Gasteiger partial charge in [0.15, 0.2) is 0 Å². The number of aromatic nitrogens is 1. The summed E-state index contributed by atoms with van der Waals surface area (Å²) in [6, 6.07) is 9.60. The summed E-state index contributed by atoms with van der Waals surface area (Å²) in [7, 11) is 0. The first-order valence-corrected chi connectivity index (χ1v) is 7.51. The number of aryl methyl sites for hydroxylation is 1. The summed E-state index contributed by atoms with van der Waals surface area (Å²) >= 11 is 1.48. The minimum atomic E-state index is -0.426. The van der Waals surface area contributed by atoms with Crippen molar-refractivity contribution in [1.29, 1.82) is 0 Å². The summed E-state index contributed by atoms with van der Waals surface area (Å²) in [5.41, 5.74) is 0.377. The van der Waals surface area contributed by atoms with Gasteiger partial charge >= 0.3 is 0 Å². The van der Waals surface area contributed by atoms with E-state index in [0.29, 0.717) is 12.2 Å². The minimum Gasteiger partial charge on any atom is -0.347 e. The molecule has 3 rings (SSSR count). The first kappa shape index (κ1) is 14.5. The highest BCUT2D eigenvalue weighted by Gasteiger charge is 2.11. The van der Waals surface area contributed by atoms with E-state index in [2.05, 4.69) is 10.3 Å². The third kappa shape index (κ3) is 2.92. The van der Waals surface area contributed by atoms with Crippen LogP contribution in [-0.2, 0) is 6.54 Å². The third-order valence-electron chi connectivity index (χ3n) is 3.25. The summed E-state index contributed by atoms with van der Waals surface area (Å²) in [4.78, 5) is 27.2. The van der Waals surface area contributed by atoms with Crippen LogP contribution < -0.4 is 10.9 Å². The van der Waals surface area contributed by atoms with Crippen LogP contribution in [0.1, 0.15) is 20.9 Å². The Morgan fingerprint density at radius 1 is 1.27 bits per heavy atom. The van der Waals surface area contributed by atoms with E-state index in [9.17, 15) is 14.0 Å². The average molecular weight is 316 g/mol. The lowest BCUT2D eigenvalue weighted by molar-refractivity contribution is 0.0950. The maximum atomic E-state index is 13.2. The molecule has 0 aliphatic rings. The standard InChI is InChI=1S/C16H13FN2O2S/c1-9-2-4-13(16(21)19-9)15(20)18-8-12-7-10-6-11(17)3-5-14(10)22-12/h2-7H,8H2,1H3,(H,18,20)(H,19,21). The Balaban J connectivity index is 1.75. The predicted octanol–water partition coefficient (Wildman–Crippen LogP) is 2.97. The first-order valence-electron chi connectivity index (χ1n) is 6.69. The number of amides is 1. The number of hydrogen-bond donors (Lipinski definition) is 2. The van der Waals surface area contributed by atoms with Crippen molar-refractivity contribution in [3.05, 3.63) is 68.7 Å². The summed E-state index contributed by atoms with van der Waals surface area (Å²) < 4.78 is 14.1. The van der Waals surface area contributed by atoms with Crippen LogP contribution >= 0.6 is 11.3 Å². The first-order chi connectivity index (χ1) is 10.5. The van der Waals surface area contributed by atoms with Gasteiger partial charge in [-0.25, -0.2) is 4.39 Å². The highest BCUT2D eigenvalue weighted by molar-refractivity contribution is 7.19. The van der Waals surface area contributed by atoms with Crippen molar-refractivity contribution in [3.8, 4) is 0 Å². The molecule has 0 aliphatic carbocycles. The molecule has 1 amide bonds. The van der Waals surface area contributed by atoms with Crippen molar-refractivity contribution in [1.82, 2.24) is 10.3 Å². The summed E-state index contributed by atoms with van der Waals surface area (Å²) in [5.74, 6) is -0.711. The van der Waals surface area contributed by atoms with Gasteiger partial charge in [0.25, 0.3) is 11.5 Å². The molecule has 0 radical (unpaired) electrons. The Bertz CT molecular complexity index is 914. The summed E-state index contributed by atoms with van der Waals surface area (Å²) in [6.07, 6.45) is 0. The zero-order valence-corrected chi connectivity index (χ0v) is 12.6. The monoisotopic (exact) mass is 316 g/mol. The molecule has 0 aliphatic heterocycles. The number of rotatable bonds is 3. The Kier molecular flexibility index (Phi) is 3.77. The molecule has 4 nitrogen and oxygen atoms in total. The Morgan fingerprint density at radius 2 is 2.09 bits per heavy atom. The zero-order chi connectivity index (χ0) is 15.7. The maximum Gasteiger partial charge on any atom is 0.260 e. The van der Waals surface area contributed by atoms with Gasteiger partial charge in [0, 0.05) is 15.3 Å². The number of carbonyl (C=O) groups is 1. The number of pyridine rings is 1. The SMILES string of the molecule is Cc1ccc(C(=O)NCc2cc3cc(F)ccc3s2)c(=O)[nH]1. The summed E-state index contributed by atoms with van der Waals surface area (Å²) in [6.45, 7) is 2.05. The van der Waals surface area contributed by atoms with Crippen molar-refractivity contribution in [2.45, 2.75) is 13.5 Å². The van der Waals surface area contributed by atoms with Gasteiger partial charge < -0.3 is 10.3 Å². The van der Waals surface area contributed by atoms with Gasteiger partial charge in [-0.05, 0) is 48.7 Å². The molecule has 6 heteroatoms. The van der Waals surface area contributed by atoms with Gasteiger partial charge in [-0.2, -0.15) is 0 Å². The number of thiophene rings is 1. The van der Waals surface area contributed by atoms with Crippen LogP contribution in [-0.4, -0.2) is 10.9 Å². The van der Waals surface area contributed by atoms with Crippen LogP contribution in [0.15, 0.2) is 41.2 Å². The number of aromatic amines is 1. The lowest BCUT2D eigenvalue weighted by Gasteiger charge is -2.03. The molecule has 0 spiro atoms. The maximum absolute atomic E-state index is 13.2. The van der Waals surface area contributed by atoms with E-state index in [1.807, 2.05) is 6.07 Å². The number of H-pyrrole nitrogens is 1. The number of carbonyl (C=O) groups excluding carboxylic acids is 1. The fourth-order valence-corrected chi connectivity index (χ4v) is 3.15. The van der Waals surface area contributed by atoms with Crippen LogP contribution in [0, 0.1) is 12.7 Å². The molecule has 0 atom stereocenters. The number of nitrogens with one attached hydrogen (secondary N) is 2. The van der Waals surface area contributed by atoms with Gasteiger partial charge in [0.05, 0.1) is 6.54 Å². The van der Waals surface area contributed by atoms with Crippen LogP contribution in [0.3, 0.4) is 0 Å². The Morgan fingerprint density at radius 3 is 2.86 bits per heavy atom. The molecule has 0 unspecified atom stereocenters. The van der Waals surface area contributed by atoms with Crippen molar-refractivity contribution in [2.75, 3.05) is 0 Å². The predicted molar refractivity (Wildman–Crippen MR) is 84.8 cm³/mol. The lowest BCUT2D eigenvalue weighted by atomic mass is 10.2. The number of benzene rings is 1. The second kappa shape index (κ2) is 5.73. The molecule has 2 heterocycles. The van der Waals surface area contributed by atoms with Gasteiger partial charge in [-0.15, -0.1) is 11.3 Å². The summed E-state index contributed by atoms with van der Waals surface area (Å²) in [5, 5.41) is 3.52. The van der Waals surface area contributed by atoms with Crippen LogP contribution in [0.2, 0.25) is 0 Å². The van der Waals surface area contributed by atoms with Crippen molar-refractivity contribution in [3.63, 3.8) is 0 Å². The molecule has 0 bridgehead atoms. The van der Waals surface area contributed by atoms with E-state index in [1.165, 1.54) is 29.5 Å². The zero-order valence-electron chi connectivity index (χ0n) is 11.8. The van der Waals surface area contributed by atoms with Crippen LogP contribution in [0.4, 0.5) is 4.39 Å². The molecular formula is C16H13FN2O2S. The molecular weight excluding hydrogens is 303 g/mol. The van der Waals surface area contributed by atoms with Crippen LogP contribution in [0.5, 0.6) is 0 Å². The number of halogens is 1. The van der Waals surface area contributed by atoms with E-state index in [4.69, 9.17) is 0 Å². The molecule has 0 fully saturated rings. The Hall–Kier alpha value is -2.47. The smallest absolute Gasteiger partial charge is 0.260 e. The minimum absolute atomic E-state index is 0.0813. The van der Waals surface area contributed by atoms with E-state index in [0.717, 1.165) is 15.0 Å². The lowest BCUT2D eigenvalue weighted by Crippen LogP contribution is -2.29. The Labute approximate surface area is 129 Å². The van der Waals surface area contributed by atoms with Gasteiger partial charge in [0.1, 0.15) is 11.4 Å². The normalized spacial score (nSPS) is 10.8. The molecule has 1 aromatic carbocycles. The average Bonchev–Trinajstić information content (AvgIpc) is 2.86. The fraction of sp³-hybridized carbons (Fsp3) is 0.125. The van der Waals surface area contributed by atoms with Crippen LogP contribution in [0.25, 0.3) is 10.1 Å².